The van der Waals surface area contributed by atoms with Crippen LogP contribution < -0.4 is 4.74 Å². The maximum atomic E-state index is 15.1. The highest BCUT2D eigenvalue weighted by Gasteiger charge is 2.30. The molecule has 0 unspecified atom stereocenters. The molecule has 1 nitrogen and oxygen atoms in total. The summed E-state index contributed by atoms with van der Waals surface area (Å²) in [4.78, 5) is 0. The van der Waals surface area contributed by atoms with Gasteiger partial charge in [0.15, 0.2) is 0 Å². The third-order valence-electron chi connectivity index (χ3n) is 5.31. The zero-order chi connectivity index (χ0) is 24.1. The molecule has 0 bridgehead atoms. The fourth-order valence-electron chi connectivity index (χ4n) is 3.58. The Morgan fingerprint density at radius 1 is 0.824 bits per heavy atom. The summed E-state index contributed by atoms with van der Waals surface area (Å²) in [7, 11) is 0. The predicted molar refractivity (Wildman–Crippen MR) is 127 cm³/mol. The van der Waals surface area contributed by atoms with Crippen molar-refractivity contribution in [3.63, 3.8) is 0 Å². The fraction of sp³-hybridized carbons (Fsp3) is 0.103. The summed E-state index contributed by atoms with van der Waals surface area (Å²) in [5.41, 5.74) is 3.93. The van der Waals surface area contributed by atoms with Gasteiger partial charge in [0.1, 0.15) is 11.6 Å². The lowest BCUT2D eigenvalue weighted by molar-refractivity contribution is -0.274. The second-order valence-electron chi connectivity index (χ2n) is 7.71. The number of rotatable bonds is 5. The van der Waals surface area contributed by atoms with Gasteiger partial charge in [0.2, 0.25) is 0 Å². The first-order valence-electron chi connectivity index (χ1n) is 10.6. The Balaban J connectivity index is 1.55. The molecule has 0 atom stereocenters. The van der Waals surface area contributed by atoms with Gasteiger partial charge in [-0.15, -0.1) is 19.8 Å². The lowest BCUT2D eigenvalue weighted by Gasteiger charge is -2.08. The van der Waals surface area contributed by atoms with Crippen molar-refractivity contribution in [1.29, 1.82) is 0 Å². The van der Waals surface area contributed by atoms with Gasteiger partial charge in [-0.25, -0.2) is 4.39 Å². The largest absolute Gasteiger partial charge is 0.573 e. The van der Waals surface area contributed by atoms with Crippen molar-refractivity contribution in [1.82, 2.24) is 0 Å². The summed E-state index contributed by atoms with van der Waals surface area (Å²) in [6.07, 6.45) is -0.983. The molecule has 4 aromatic rings. The second-order valence-corrected chi connectivity index (χ2v) is 7.71. The number of aryl methyl sites for hydroxylation is 1. The van der Waals surface area contributed by atoms with E-state index in [1.165, 1.54) is 29.8 Å². The van der Waals surface area contributed by atoms with Crippen LogP contribution in [-0.4, -0.2) is 6.36 Å². The molecule has 0 aromatic heterocycles. The minimum absolute atomic E-state index is 0.211. The molecule has 0 aliphatic rings. The molecular weight excluding hydrogens is 440 g/mol. The van der Waals surface area contributed by atoms with Crippen LogP contribution in [0.1, 0.15) is 23.1 Å². The van der Waals surface area contributed by atoms with E-state index < -0.39 is 12.2 Å². The zero-order valence-electron chi connectivity index (χ0n) is 18.1. The van der Waals surface area contributed by atoms with Crippen LogP contribution in [0.4, 0.5) is 17.6 Å². The van der Waals surface area contributed by atoms with Gasteiger partial charge in [0.05, 0.1) is 5.56 Å². The molecule has 4 rings (SSSR count). The highest BCUT2D eigenvalue weighted by molar-refractivity contribution is 5.89. The number of benzene rings is 4. The van der Waals surface area contributed by atoms with Crippen LogP contribution in [0, 0.1) is 17.7 Å². The van der Waals surface area contributed by atoms with E-state index in [9.17, 15) is 13.2 Å². The molecule has 4 aromatic carbocycles. The second kappa shape index (κ2) is 9.84. The van der Waals surface area contributed by atoms with Crippen LogP contribution in [0.25, 0.3) is 21.9 Å². The van der Waals surface area contributed by atoms with E-state index in [0.29, 0.717) is 10.9 Å². The normalized spacial score (nSPS) is 11.1. The van der Waals surface area contributed by atoms with Crippen molar-refractivity contribution in [2.45, 2.75) is 19.2 Å². The van der Waals surface area contributed by atoms with Gasteiger partial charge >= 0.3 is 6.36 Å². The van der Waals surface area contributed by atoms with E-state index in [0.717, 1.165) is 29.4 Å². The number of alkyl halides is 3. The molecule has 0 N–H and O–H groups in total. The highest BCUT2D eigenvalue weighted by atomic mass is 19.4. The van der Waals surface area contributed by atoms with Gasteiger partial charge in [0.25, 0.3) is 0 Å². The van der Waals surface area contributed by atoms with Crippen LogP contribution in [0.3, 0.4) is 0 Å². The lowest BCUT2D eigenvalue weighted by atomic mass is 9.98. The number of ether oxygens (including phenoxy) is 1. The number of hydrogen-bond acceptors (Lipinski definition) is 1. The quantitative estimate of drug-likeness (QED) is 0.166. The molecule has 0 saturated carbocycles. The lowest BCUT2D eigenvalue weighted by Crippen LogP contribution is -2.16. The highest BCUT2D eigenvalue weighted by Crippen LogP contribution is 2.28. The van der Waals surface area contributed by atoms with Crippen molar-refractivity contribution in [2.24, 2.45) is 0 Å². The van der Waals surface area contributed by atoms with Crippen molar-refractivity contribution in [3.8, 4) is 28.7 Å². The smallest absolute Gasteiger partial charge is 0.406 e. The topological polar surface area (TPSA) is 9.23 Å². The summed E-state index contributed by atoms with van der Waals surface area (Å²) in [6, 6.07) is 22.4. The Hall–Kier alpha value is -4.04. The first-order valence-corrected chi connectivity index (χ1v) is 10.6. The monoisotopic (exact) mass is 460 g/mol. The summed E-state index contributed by atoms with van der Waals surface area (Å²) in [6.45, 7) is 3.75. The van der Waals surface area contributed by atoms with E-state index in [1.54, 1.807) is 12.1 Å². The van der Waals surface area contributed by atoms with Crippen LogP contribution >= 0.6 is 0 Å². The van der Waals surface area contributed by atoms with Crippen molar-refractivity contribution < 1.29 is 22.3 Å². The minimum Gasteiger partial charge on any atom is -0.406 e. The van der Waals surface area contributed by atoms with E-state index in [-0.39, 0.29) is 11.3 Å². The maximum Gasteiger partial charge on any atom is 0.573 e. The molecule has 34 heavy (non-hydrogen) atoms. The minimum atomic E-state index is -4.75. The van der Waals surface area contributed by atoms with E-state index in [4.69, 9.17) is 0 Å². The van der Waals surface area contributed by atoms with E-state index in [1.807, 2.05) is 24.3 Å². The molecule has 0 saturated heterocycles. The van der Waals surface area contributed by atoms with Crippen molar-refractivity contribution in [3.05, 3.63) is 114 Å². The summed E-state index contributed by atoms with van der Waals surface area (Å²) < 4.78 is 55.7. The van der Waals surface area contributed by atoms with Gasteiger partial charge in [-0.1, -0.05) is 60.4 Å². The molecule has 170 valence electrons. The fourth-order valence-corrected chi connectivity index (χ4v) is 3.58. The number of allylic oxidation sites excluding steroid dienone is 1. The van der Waals surface area contributed by atoms with E-state index >= 15 is 4.39 Å². The van der Waals surface area contributed by atoms with Crippen LogP contribution in [0.5, 0.6) is 5.75 Å². The third-order valence-corrected chi connectivity index (χ3v) is 5.31. The summed E-state index contributed by atoms with van der Waals surface area (Å²) in [5, 5.41) is 1.21. The predicted octanol–water partition coefficient (Wildman–Crippen LogP) is 8.06. The molecule has 0 radical (unpaired) electrons. The number of fused-ring (bicyclic) bond motifs is 1. The average molecular weight is 460 g/mol. The Bertz CT molecular complexity index is 1370. The van der Waals surface area contributed by atoms with Crippen molar-refractivity contribution in [2.75, 3.05) is 0 Å². The van der Waals surface area contributed by atoms with E-state index in [2.05, 4.69) is 47.4 Å². The molecule has 0 spiro atoms. The first kappa shape index (κ1) is 23.1. The van der Waals surface area contributed by atoms with Gasteiger partial charge < -0.3 is 4.74 Å². The average Bonchev–Trinajstić information content (AvgIpc) is 2.82. The maximum absolute atomic E-state index is 15.1. The zero-order valence-corrected chi connectivity index (χ0v) is 18.1. The third kappa shape index (κ3) is 5.65. The molecule has 0 fully saturated rings. The molecule has 0 amide bonds. The Labute approximate surface area is 195 Å². The van der Waals surface area contributed by atoms with Crippen molar-refractivity contribution >= 4 is 10.8 Å². The molecule has 0 heterocycles. The molecule has 0 aliphatic carbocycles. The Kier molecular flexibility index (Phi) is 6.70. The first-order chi connectivity index (χ1) is 16.3. The molecule has 5 heteroatoms. The van der Waals surface area contributed by atoms with Gasteiger partial charge in [-0.05, 0) is 71.3 Å². The van der Waals surface area contributed by atoms with Gasteiger partial charge in [-0.2, -0.15) is 0 Å². The summed E-state index contributed by atoms with van der Waals surface area (Å²) >= 11 is 0. The number of halogens is 4. The van der Waals surface area contributed by atoms with Crippen LogP contribution in [0.15, 0.2) is 91.5 Å². The van der Waals surface area contributed by atoms with Gasteiger partial charge in [-0.3, -0.25) is 0 Å². The molecule has 0 aliphatic heterocycles. The summed E-state index contributed by atoms with van der Waals surface area (Å²) in [5.74, 6) is 4.77. The molecular formula is C29H20F4O. The SMILES string of the molecule is C=CCCc1ccc(-c2ccc3c(F)c(C#Cc4ccc(OC(F)(F)F)cc4)ccc3c2)cc1. The Morgan fingerprint density at radius 2 is 1.53 bits per heavy atom. The number of hydrogen-bond donors (Lipinski definition) is 0. The van der Waals surface area contributed by atoms with Gasteiger partial charge in [0, 0.05) is 10.9 Å². The van der Waals surface area contributed by atoms with Crippen LogP contribution in [-0.2, 0) is 6.42 Å². The standard InChI is InChI=1S/C29H20F4O/c1-2-3-4-20-5-10-22(11-6-20)24-15-18-27-25(19-24)14-13-23(28(27)30)12-7-21-8-16-26(17-9-21)34-29(31,32)33/h2,5-6,8-11,13-19H,1,3-4H2. The van der Waals surface area contributed by atoms with Crippen LogP contribution in [0.2, 0.25) is 0 Å². The Morgan fingerprint density at radius 3 is 2.21 bits per heavy atom.